The average Bonchev–Trinajstić information content (AvgIpc) is 2.60. The molecule has 0 spiro atoms. The van der Waals surface area contributed by atoms with E-state index in [4.69, 9.17) is 9.84 Å². The number of carbonyl (C=O) groups is 2. The summed E-state index contributed by atoms with van der Waals surface area (Å²) < 4.78 is 30.7. The third-order valence-corrected chi connectivity index (χ3v) is 6.70. The van der Waals surface area contributed by atoms with E-state index in [-0.39, 0.29) is 17.7 Å². The van der Waals surface area contributed by atoms with Crippen molar-refractivity contribution in [2.75, 3.05) is 18.5 Å². The van der Waals surface area contributed by atoms with Crippen molar-refractivity contribution in [3.8, 4) is 0 Å². The average molecular weight is 398 g/mol. The number of urea groups is 1. The van der Waals surface area contributed by atoms with Crippen molar-refractivity contribution in [1.82, 2.24) is 5.32 Å². The molecule has 1 aliphatic heterocycles. The van der Waals surface area contributed by atoms with Gasteiger partial charge < -0.3 is 20.5 Å². The fraction of sp³-hybridized carbons (Fsp3) is 0.556. The van der Waals surface area contributed by atoms with Crippen LogP contribution in [0.3, 0.4) is 0 Å². The van der Waals surface area contributed by atoms with E-state index in [1.165, 1.54) is 12.1 Å². The minimum Gasteiger partial charge on any atom is -0.481 e. The van der Waals surface area contributed by atoms with Gasteiger partial charge in [0.05, 0.1) is 10.1 Å². The van der Waals surface area contributed by atoms with Gasteiger partial charge in [-0.3, -0.25) is 4.79 Å². The van der Waals surface area contributed by atoms with Gasteiger partial charge in [-0.05, 0) is 51.3 Å². The lowest BCUT2D eigenvalue weighted by molar-refractivity contribution is -0.137. The highest BCUT2D eigenvalue weighted by molar-refractivity contribution is 7.92. The first-order valence-electron chi connectivity index (χ1n) is 8.83. The minimum atomic E-state index is -3.49. The largest absolute Gasteiger partial charge is 0.481 e. The standard InChI is InChI=1S/C18H26N2O6S/c1-18(2,9-6-16(21)22)20-17(23)19-13-4-3-5-15(12-13)27(24,25)14-7-10-26-11-8-14/h3-5,12,14H,6-11H2,1-2H3,(H,21,22)(H2,19,20,23). The number of aliphatic carboxylic acids is 1. The van der Waals surface area contributed by atoms with Gasteiger partial charge in [-0.1, -0.05) is 6.07 Å². The summed E-state index contributed by atoms with van der Waals surface area (Å²) in [7, 11) is -3.49. The molecule has 2 amide bonds. The Morgan fingerprint density at radius 3 is 2.56 bits per heavy atom. The molecule has 1 saturated heterocycles. The van der Waals surface area contributed by atoms with Crippen molar-refractivity contribution in [2.45, 2.75) is 55.2 Å². The highest BCUT2D eigenvalue weighted by Gasteiger charge is 2.29. The lowest BCUT2D eigenvalue weighted by atomic mass is 9.99. The van der Waals surface area contributed by atoms with Crippen molar-refractivity contribution in [3.05, 3.63) is 24.3 Å². The topological polar surface area (TPSA) is 122 Å². The Bertz CT molecular complexity index is 785. The molecule has 0 unspecified atom stereocenters. The summed E-state index contributed by atoms with van der Waals surface area (Å²) in [5.41, 5.74) is -0.358. The number of sulfone groups is 1. The molecule has 1 aliphatic rings. The molecule has 0 bridgehead atoms. The van der Waals surface area contributed by atoms with E-state index >= 15 is 0 Å². The molecule has 0 aliphatic carbocycles. The second kappa shape index (κ2) is 8.71. The van der Waals surface area contributed by atoms with Crippen LogP contribution in [0.4, 0.5) is 10.5 Å². The molecular weight excluding hydrogens is 372 g/mol. The van der Waals surface area contributed by atoms with Crippen LogP contribution in [-0.2, 0) is 19.4 Å². The molecule has 1 heterocycles. The number of carbonyl (C=O) groups excluding carboxylic acids is 1. The number of hydrogen-bond acceptors (Lipinski definition) is 5. The van der Waals surface area contributed by atoms with Gasteiger partial charge >= 0.3 is 12.0 Å². The number of carboxylic acids is 1. The maximum absolute atomic E-state index is 12.8. The molecule has 9 heteroatoms. The Kier molecular flexibility index (Phi) is 6.83. The van der Waals surface area contributed by atoms with E-state index in [1.807, 2.05) is 0 Å². The molecule has 8 nitrogen and oxygen atoms in total. The Hall–Kier alpha value is -2.13. The second-order valence-corrected chi connectivity index (χ2v) is 9.47. The number of nitrogens with one attached hydrogen (secondary N) is 2. The summed E-state index contributed by atoms with van der Waals surface area (Å²) in [5.74, 6) is -0.934. The highest BCUT2D eigenvalue weighted by atomic mass is 32.2. The Balaban J connectivity index is 2.04. The molecule has 0 saturated carbocycles. The third kappa shape index (κ3) is 6.21. The lowest BCUT2D eigenvalue weighted by Gasteiger charge is -2.26. The zero-order valence-corrected chi connectivity index (χ0v) is 16.3. The van der Waals surface area contributed by atoms with Crippen LogP contribution in [0.2, 0.25) is 0 Å². The Morgan fingerprint density at radius 1 is 1.26 bits per heavy atom. The van der Waals surface area contributed by atoms with Gasteiger partial charge in [0.25, 0.3) is 0 Å². The SMILES string of the molecule is CC(C)(CCC(=O)O)NC(=O)Nc1cccc(S(=O)(=O)C2CCOCC2)c1. The minimum absolute atomic E-state index is 0.0634. The fourth-order valence-corrected chi connectivity index (χ4v) is 4.64. The monoisotopic (exact) mass is 398 g/mol. The van der Waals surface area contributed by atoms with Gasteiger partial charge in [-0.15, -0.1) is 0 Å². The van der Waals surface area contributed by atoms with E-state index in [0.29, 0.717) is 31.7 Å². The number of rotatable bonds is 7. The predicted octanol–water partition coefficient (Wildman–Crippen LogP) is 2.40. The van der Waals surface area contributed by atoms with E-state index in [0.717, 1.165) is 0 Å². The van der Waals surface area contributed by atoms with E-state index in [2.05, 4.69) is 10.6 Å². The second-order valence-electron chi connectivity index (χ2n) is 7.24. The number of ether oxygens (including phenoxy) is 1. The van der Waals surface area contributed by atoms with Crippen molar-refractivity contribution in [3.63, 3.8) is 0 Å². The zero-order chi connectivity index (χ0) is 20.1. The fourth-order valence-electron chi connectivity index (χ4n) is 2.88. The first-order chi connectivity index (χ1) is 12.6. The van der Waals surface area contributed by atoms with Crippen molar-refractivity contribution < 1.29 is 27.9 Å². The van der Waals surface area contributed by atoms with Gasteiger partial charge in [-0.25, -0.2) is 13.2 Å². The lowest BCUT2D eigenvalue weighted by Crippen LogP contribution is -2.45. The molecule has 1 aromatic rings. The first-order valence-corrected chi connectivity index (χ1v) is 10.4. The first kappa shape index (κ1) is 21.2. The van der Waals surface area contributed by atoms with Crippen LogP contribution in [0.5, 0.6) is 0 Å². The van der Waals surface area contributed by atoms with Crippen molar-refractivity contribution in [1.29, 1.82) is 0 Å². The van der Waals surface area contributed by atoms with Crippen LogP contribution in [0, 0.1) is 0 Å². The quantitative estimate of drug-likeness (QED) is 0.648. The number of anilines is 1. The van der Waals surface area contributed by atoms with Crippen LogP contribution < -0.4 is 10.6 Å². The number of benzene rings is 1. The van der Waals surface area contributed by atoms with E-state index in [9.17, 15) is 18.0 Å². The molecular formula is C18H26N2O6S. The summed E-state index contributed by atoms with van der Waals surface area (Å²) >= 11 is 0. The molecule has 2 rings (SSSR count). The molecule has 0 aromatic heterocycles. The summed E-state index contributed by atoms with van der Waals surface area (Å²) in [6.45, 7) is 4.30. The van der Waals surface area contributed by atoms with Crippen LogP contribution in [0.15, 0.2) is 29.2 Å². The molecule has 1 aromatic carbocycles. The Labute approximate surface area is 159 Å². The third-order valence-electron chi connectivity index (χ3n) is 4.44. The molecule has 0 radical (unpaired) electrons. The van der Waals surface area contributed by atoms with Crippen LogP contribution >= 0.6 is 0 Å². The molecule has 1 fully saturated rings. The number of carboxylic acid groups (broad SMARTS) is 1. The van der Waals surface area contributed by atoms with Crippen molar-refractivity contribution in [2.24, 2.45) is 0 Å². The van der Waals surface area contributed by atoms with Gasteiger partial charge in [-0.2, -0.15) is 0 Å². The molecule has 0 atom stereocenters. The zero-order valence-electron chi connectivity index (χ0n) is 15.5. The van der Waals surface area contributed by atoms with Gasteiger partial charge in [0.2, 0.25) is 0 Å². The molecule has 27 heavy (non-hydrogen) atoms. The molecule has 150 valence electrons. The highest BCUT2D eigenvalue weighted by Crippen LogP contribution is 2.25. The molecule has 3 N–H and O–H groups in total. The van der Waals surface area contributed by atoms with Crippen molar-refractivity contribution >= 4 is 27.5 Å². The van der Waals surface area contributed by atoms with Gasteiger partial charge in [0.1, 0.15) is 0 Å². The Morgan fingerprint density at radius 2 is 1.93 bits per heavy atom. The summed E-state index contributed by atoms with van der Waals surface area (Å²) in [6, 6.07) is 5.62. The van der Waals surface area contributed by atoms with E-state index < -0.39 is 32.6 Å². The summed E-state index contributed by atoms with van der Waals surface area (Å²) in [5, 5.41) is 13.6. The maximum Gasteiger partial charge on any atom is 0.319 e. The smallest absolute Gasteiger partial charge is 0.319 e. The number of hydrogen-bond donors (Lipinski definition) is 3. The summed E-state index contributed by atoms with van der Waals surface area (Å²) in [6.07, 6.45) is 1.12. The normalized spacial score (nSPS) is 15.9. The van der Waals surface area contributed by atoms with Crippen LogP contribution in [0.1, 0.15) is 39.5 Å². The van der Waals surface area contributed by atoms with Gasteiger partial charge in [0, 0.05) is 30.9 Å². The van der Waals surface area contributed by atoms with Crippen LogP contribution in [-0.4, -0.2) is 49.5 Å². The summed E-state index contributed by atoms with van der Waals surface area (Å²) in [4.78, 5) is 23.1. The van der Waals surface area contributed by atoms with Crippen LogP contribution in [0.25, 0.3) is 0 Å². The number of amides is 2. The predicted molar refractivity (Wildman–Crippen MR) is 101 cm³/mol. The van der Waals surface area contributed by atoms with E-state index in [1.54, 1.807) is 26.0 Å². The maximum atomic E-state index is 12.8. The van der Waals surface area contributed by atoms with Gasteiger partial charge in [0.15, 0.2) is 9.84 Å².